The van der Waals surface area contributed by atoms with E-state index in [1.165, 1.54) is 6.20 Å². The average molecular weight is 245 g/mol. The molecule has 0 aliphatic heterocycles. The number of pyridine rings is 1. The highest BCUT2D eigenvalue weighted by atomic mass is 19.4. The van der Waals surface area contributed by atoms with Gasteiger partial charge in [-0.2, -0.15) is 13.2 Å². The Labute approximate surface area is 97.5 Å². The van der Waals surface area contributed by atoms with E-state index in [1.807, 2.05) is 0 Å². The van der Waals surface area contributed by atoms with Crippen LogP contribution in [-0.2, 0) is 5.60 Å². The SMILES string of the molecule is OC1(c2cccnc2)CCC(C(F)(F)F)CC1. The minimum absolute atomic E-state index is 0.0190. The maximum atomic E-state index is 12.5. The topological polar surface area (TPSA) is 33.1 Å². The van der Waals surface area contributed by atoms with Crippen molar-refractivity contribution in [3.63, 3.8) is 0 Å². The number of nitrogens with zero attached hydrogens (tertiary/aromatic N) is 1. The molecule has 1 fully saturated rings. The van der Waals surface area contributed by atoms with Gasteiger partial charge in [-0.25, -0.2) is 0 Å². The van der Waals surface area contributed by atoms with Gasteiger partial charge in [-0.05, 0) is 31.7 Å². The lowest BCUT2D eigenvalue weighted by Gasteiger charge is -2.36. The van der Waals surface area contributed by atoms with Crippen LogP contribution in [-0.4, -0.2) is 16.3 Å². The Balaban J connectivity index is 2.08. The van der Waals surface area contributed by atoms with E-state index in [-0.39, 0.29) is 25.7 Å². The van der Waals surface area contributed by atoms with Crippen LogP contribution >= 0.6 is 0 Å². The van der Waals surface area contributed by atoms with Gasteiger partial charge in [0.25, 0.3) is 0 Å². The number of halogens is 3. The summed E-state index contributed by atoms with van der Waals surface area (Å²) in [6.07, 6.45) is -0.798. The summed E-state index contributed by atoms with van der Waals surface area (Å²) < 4.78 is 37.5. The van der Waals surface area contributed by atoms with Crippen LogP contribution in [0.15, 0.2) is 24.5 Å². The van der Waals surface area contributed by atoms with Gasteiger partial charge < -0.3 is 5.11 Å². The van der Waals surface area contributed by atoms with E-state index in [0.29, 0.717) is 5.56 Å². The van der Waals surface area contributed by atoms with Gasteiger partial charge >= 0.3 is 6.18 Å². The Morgan fingerprint density at radius 1 is 1.29 bits per heavy atom. The van der Waals surface area contributed by atoms with Crippen molar-refractivity contribution in [1.29, 1.82) is 0 Å². The van der Waals surface area contributed by atoms with Crippen LogP contribution in [0.3, 0.4) is 0 Å². The van der Waals surface area contributed by atoms with Crippen LogP contribution in [0.5, 0.6) is 0 Å². The van der Waals surface area contributed by atoms with Gasteiger partial charge in [-0.1, -0.05) is 6.07 Å². The number of aromatic nitrogens is 1. The van der Waals surface area contributed by atoms with E-state index in [9.17, 15) is 18.3 Å². The van der Waals surface area contributed by atoms with Crippen molar-refractivity contribution < 1.29 is 18.3 Å². The van der Waals surface area contributed by atoms with Crippen molar-refractivity contribution in [2.45, 2.75) is 37.5 Å². The zero-order valence-corrected chi connectivity index (χ0v) is 9.24. The lowest BCUT2D eigenvalue weighted by molar-refractivity contribution is -0.193. The predicted molar refractivity (Wildman–Crippen MR) is 56.1 cm³/mol. The fourth-order valence-electron chi connectivity index (χ4n) is 2.35. The van der Waals surface area contributed by atoms with Gasteiger partial charge in [0, 0.05) is 18.0 Å². The molecule has 1 N–H and O–H groups in total. The molecule has 17 heavy (non-hydrogen) atoms. The van der Waals surface area contributed by atoms with E-state index in [4.69, 9.17) is 0 Å². The van der Waals surface area contributed by atoms with Gasteiger partial charge in [-0.15, -0.1) is 0 Å². The Morgan fingerprint density at radius 2 is 1.94 bits per heavy atom. The Morgan fingerprint density at radius 3 is 2.41 bits per heavy atom. The molecule has 0 bridgehead atoms. The lowest BCUT2D eigenvalue weighted by Crippen LogP contribution is -2.36. The normalized spacial score (nSPS) is 30.2. The molecule has 1 aromatic rings. The van der Waals surface area contributed by atoms with Gasteiger partial charge in [0.1, 0.15) is 0 Å². The highest BCUT2D eigenvalue weighted by Crippen LogP contribution is 2.44. The molecule has 94 valence electrons. The number of aliphatic hydroxyl groups is 1. The van der Waals surface area contributed by atoms with Crippen molar-refractivity contribution in [3.05, 3.63) is 30.1 Å². The second-order valence-corrected chi connectivity index (χ2v) is 4.59. The molecule has 2 nitrogen and oxygen atoms in total. The second-order valence-electron chi connectivity index (χ2n) is 4.59. The maximum Gasteiger partial charge on any atom is 0.391 e. The number of hydrogen-bond donors (Lipinski definition) is 1. The van der Waals surface area contributed by atoms with Crippen LogP contribution in [0.4, 0.5) is 13.2 Å². The molecule has 1 heterocycles. The van der Waals surface area contributed by atoms with Crippen molar-refractivity contribution in [1.82, 2.24) is 4.98 Å². The molecule has 5 heteroatoms. The van der Waals surface area contributed by atoms with Crippen LogP contribution in [0.1, 0.15) is 31.2 Å². The highest BCUT2D eigenvalue weighted by Gasteiger charge is 2.45. The third-order valence-electron chi connectivity index (χ3n) is 3.47. The standard InChI is InChI=1S/C12H14F3NO/c13-12(14,15)9-3-5-11(17,6-4-9)10-2-1-7-16-8-10/h1-2,7-9,17H,3-6H2. The third-order valence-corrected chi connectivity index (χ3v) is 3.47. The monoisotopic (exact) mass is 245 g/mol. The molecule has 0 radical (unpaired) electrons. The molecule has 0 spiro atoms. The minimum Gasteiger partial charge on any atom is -0.385 e. The highest BCUT2D eigenvalue weighted by molar-refractivity contribution is 5.18. The molecular formula is C12H14F3NO. The zero-order chi connectivity index (χ0) is 12.5. The molecular weight excluding hydrogens is 231 g/mol. The number of rotatable bonds is 1. The molecule has 1 aromatic heterocycles. The van der Waals surface area contributed by atoms with E-state index in [0.717, 1.165) is 0 Å². The Bertz CT molecular complexity index is 369. The molecule has 0 saturated heterocycles. The molecule has 2 rings (SSSR count). The van der Waals surface area contributed by atoms with Crippen molar-refractivity contribution in [2.75, 3.05) is 0 Å². The molecule has 1 aliphatic carbocycles. The zero-order valence-electron chi connectivity index (χ0n) is 9.24. The summed E-state index contributed by atoms with van der Waals surface area (Å²) in [4.78, 5) is 3.89. The lowest BCUT2D eigenvalue weighted by atomic mass is 9.75. The van der Waals surface area contributed by atoms with Gasteiger partial charge in [0.2, 0.25) is 0 Å². The Hall–Kier alpha value is -1.10. The summed E-state index contributed by atoms with van der Waals surface area (Å²) in [6.45, 7) is 0. The first-order chi connectivity index (χ1) is 7.92. The van der Waals surface area contributed by atoms with E-state index in [2.05, 4.69) is 4.98 Å². The molecule has 1 saturated carbocycles. The summed E-state index contributed by atoms with van der Waals surface area (Å²) in [6, 6.07) is 3.39. The molecule has 0 atom stereocenters. The van der Waals surface area contributed by atoms with Crippen LogP contribution in [0.25, 0.3) is 0 Å². The van der Waals surface area contributed by atoms with E-state index < -0.39 is 17.7 Å². The van der Waals surface area contributed by atoms with Crippen LogP contribution < -0.4 is 0 Å². The first kappa shape index (κ1) is 12.4. The van der Waals surface area contributed by atoms with Crippen LogP contribution in [0, 0.1) is 5.92 Å². The average Bonchev–Trinajstić information content (AvgIpc) is 2.29. The van der Waals surface area contributed by atoms with Gasteiger partial charge in [0.15, 0.2) is 0 Å². The minimum atomic E-state index is -4.14. The largest absolute Gasteiger partial charge is 0.391 e. The first-order valence-electron chi connectivity index (χ1n) is 5.61. The predicted octanol–water partition coefficient (Wildman–Crippen LogP) is 3.02. The maximum absolute atomic E-state index is 12.5. The van der Waals surface area contributed by atoms with Crippen LogP contribution in [0.2, 0.25) is 0 Å². The molecule has 0 amide bonds. The first-order valence-corrected chi connectivity index (χ1v) is 5.61. The summed E-state index contributed by atoms with van der Waals surface area (Å²) in [5.74, 6) is -1.28. The number of hydrogen-bond acceptors (Lipinski definition) is 2. The fourth-order valence-corrected chi connectivity index (χ4v) is 2.35. The fraction of sp³-hybridized carbons (Fsp3) is 0.583. The van der Waals surface area contributed by atoms with E-state index in [1.54, 1.807) is 18.3 Å². The summed E-state index contributed by atoms with van der Waals surface area (Å²) in [5, 5.41) is 10.3. The Kier molecular flexibility index (Phi) is 3.12. The van der Waals surface area contributed by atoms with Crippen molar-refractivity contribution in [3.8, 4) is 0 Å². The summed E-state index contributed by atoms with van der Waals surface area (Å²) in [7, 11) is 0. The van der Waals surface area contributed by atoms with Gasteiger partial charge in [0.05, 0.1) is 11.5 Å². The summed E-state index contributed by atoms with van der Waals surface area (Å²) in [5.41, 5.74) is -0.531. The summed E-state index contributed by atoms with van der Waals surface area (Å²) >= 11 is 0. The van der Waals surface area contributed by atoms with Crippen molar-refractivity contribution in [2.24, 2.45) is 5.92 Å². The van der Waals surface area contributed by atoms with Crippen molar-refractivity contribution >= 4 is 0 Å². The molecule has 0 aromatic carbocycles. The quantitative estimate of drug-likeness (QED) is 0.825. The number of alkyl halides is 3. The smallest absolute Gasteiger partial charge is 0.385 e. The third kappa shape index (κ3) is 2.60. The second kappa shape index (κ2) is 4.29. The molecule has 1 aliphatic rings. The van der Waals surface area contributed by atoms with E-state index >= 15 is 0 Å². The molecule has 0 unspecified atom stereocenters. The van der Waals surface area contributed by atoms with Gasteiger partial charge in [-0.3, -0.25) is 4.98 Å².